The number of hydrogen-bond acceptors (Lipinski definition) is 5. The number of amides is 1. The fraction of sp³-hybridized carbons (Fsp3) is 0.154. The van der Waals surface area contributed by atoms with Crippen LogP contribution in [0.2, 0.25) is 0 Å². The van der Waals surface area contributed by atoms with Gasteiger partial charge in [0.05, 0.1) is 18.0 Å². The highest BCUT2D eigenvalue weighted by Crippen LogP contribution is 2.36. The van der Waals surface area contributed by atoms with E-state index in [1.54, 1.807) is 36.0 Å². The molecule has 6 nitrogen and oxygen atoms in total. The summed E-state index contributed by atoms with van der Waals surface area (Å²) in [6, 6.07) is 24.5. The standard InChI is InChI=1S/C26H23N3O3S/c1-2-31-20-12-8-18(9-13-20)26(30)27-25-23-16-33-17-24(23)28-29(25)19-10-14-22(15-11-19)32-21-6-4-3-5-7-21/h3-15H,2,16-17H2,1H3,(H,27,30). The summed E-state index contributed by atoms with van der Waals surface area (Å²) in [5, 5.41) is 7.87. The van der Waals surface area contributed by atoms with Gasteiger partial charge in [-0.3, -0.25) is 4.79 Å². The summed E-state index contributed by atoms with van der Waals surface area (Å²) >= 11 is 1.80. The van der Waals surface area contributed by atoms with Crippen molar-refractivity contribution >= 4 is 23.5 Å². The van der Waals surface area contributed by atoms with E-state index >= 15 is 0 Å². The van der Waals surface area contributed by atoms with Crippen LogP contribution in [0, 0.1) is 0 Å². The second-order valence-corrected chi connectivity index (χ2v) is 8.48. The summed E-state index contributed by atoms with van der Waals surface area (Å²) in [7, 11) is 0. The molecule has 2 heterocycles. The molecule has 0 unspecified atom stereocenters. The lowest BCUT2D eigenvalue weighted by molar-refractivity contribution is 0.102. The molecular formula is C26H23N3O3S. The van der Waals surface area contributed by atoms with Crippen LogP contribution in [-0.4, -0.2) is 22.3 Å². The maximum atomic E-state index is 13.0. The topological polar surface area (TPSA) is 65.4 Å². The normalized spacial score (nSPS) is 12.3. The molecule has 7 heteroatoms. The Morgan fingerprint density at radius 3 is 2.36 bits per heavy atom. The van der Waals surface area contributed by atoms with Gasteiger partial charge in [0.15, 0.2) is 0 Å². The molecule has 1 N–H and O–H groups in total. The number of aromatic nitrogens is 2. The minimum Gasteiger partial charge on any atom is -0.494 e. The minimum atomic E-state index is -0.178. The van der Waals surface area contributed by atoms with E-state index in [-0.39, 0.29) is 5.91 Å². The number of carbonyl (C=O) groups excluding carboxylic acids is 1. The molecule has 1 aliphatic heterocycles. The molecule has 33 heavy (non-hydrogen) atoms. The Bertz CT molecular complexity index is 1250. The summed E-state index contributed by atoms with van der Waals surface area (Å²) < 4.78 is 13.2. The molecule has 0 spiro atoms. The summed E-state index contributed by atoms with van der Waals surface area (Å²) in [6.07, 6.45) is 0. The van der Waals surface area contributed by atoms with Gasteiger partial charge in [-0.05, 0) is 67.6 Å². The Balaban J connectivity index is 1.39. The number of nitrogens with one attached hydrogen (secondary N) is 1. The largest absolute Gasteiger partial charge is 0.494 e. The van der Waals surface area contributed by atoms with Gasteiger partial charge in [0.1, 0.15) is 23.1 Å². The SMILES string of the molecule is CCOc1ccc(C(=O)Nc2c3c(nn2-c2ccc(Oc4ccccc4)cc2)CSC3)cc1. The fourth-order valence-corrected chi connectivity index (χ4v) is 4.69. The van der Waals surface area contributed by atoms with Gasteiger partial charge in [0.2, 0.25) is 0 Å². The number of fused-ring (bicyclic) bond motifs is 1. The van der Waals surface area contributed by atoms with Crippen molar-refractivity contribution in [3.63, 3.8) is 0 Å². The number of nitrogens with zero attached hydrogens (tertiary/aromatic N) is 2. The lowest BCUT2D eigenvalue weighted by atomic mass is 10.2. The molecule has 166 valence electrons. The number of rotatable bonds is 7. The Labute approximate surface area is 196 Å². The van der Waals surface area contributed by atoms with Crippen molar-refractivity contribution in [3.8, 4) is 22.9 Å². The van der Waals surface area contributed by atoms with Gasteiger partial charge in [-0.15, -0.1) is 0 Å². The molecule has 0 fully saturated rings. The Hall–Kier alpha value is -3.71. The Morgan fingerprint density at radius 2 is 1.64 bits per heavy atom. The van der Waals surface area contributed by atoms with Crippen molar-refractivity contribution < 1.29 is 14.3 Å². The maximum absolute atomic E-state index is 13.0. The zero-order valence-corrected chi connectivity index (χ0v) is 19.0. The molecule has 0 saturated carbocycles. The number of anilines is 1. The first-order valence-electron chi connectivity index (χ1n) is 10.8. The molecule has 4 aromatic rings. The van der Waals surface area contributed by atoms with Crippen LogP contribution < -0.4 is 14.8 Å². The van der Waals surface area contributed by atoms with Crippen molar-refractivity contribution in [1.29, 1.82) is 0 Å². The smallest absolute Gasteiger partial charge is 0.256 e. The van der Waals surface area contributed by atoms with Crippen molar-refractivity contribution in [2.24, 2.45) is 0 Å². The average Bonchev–Trinajstić information content (AvgIpc) is 3.44. The van der Waals surface area contributed by atoms with Crippen LogP contribution in [0.25, 0.3) is 5.69 Å². The molecule has 1 aromatic heterocycles. The van der Waals surface area contributed by atoms with Crippen LogP contribution in [0.4, 0.5) is 5.82 Å². The number of hydrogen-bond donors (Lipinski definition) is 1. The van der Waals surface area contributed by atoms with Crippen LogP contribution in [-0.2, 0) is 11.5 Å². The molecule has 1 aliphatic rings. The average molecular weight is 458 g/mol. The van der Waals surface area contributed by atoms with Gasteiger partial charge in [0.25, 0.3) is 5.91 Å². The number of benzene rings is 3. The van der Waals surface area contributed by atoms with Crippen molar-refractivity contribution in [3.05, 3.63) is 95.7 Å². The van der Waals surface area contributed by atoms with E-state index in [2.05, 4.69) is 5.32 Å². The quantitative estimate of drug-likeness (QED) is 0.365. The first kappa shape index (κ1) is 21.2. The highest BCUT2D eigenvalue weighted by molar-refractivity contribution is 7.98. The van der Waals surface area contributed by atoms with Crippen LogP contribution in [0.15, 0.2) is 78.9 Å². The van der Waals surface area contributed by atoms with E-state index in [9.17, 15) is 4.79 Å². The van der Waals surface area contributed by atoms with Gasteiger partial charge >= 0.3 is 0 Å². The molecular weight excluding hydrogens is 434 g/mol. The van der Waals surface area contributed by atoms with Crippen molar-refractivity contribution in [1.82, 2.24) is 9.78 Å². The van der Waals surface area contributed by atoms with Gasteiger partial charge in [0, 0.05) is 22.6 Å². The maximum Gasteiger partial charge on any atom is 0.256 e. The lowest BCUT2D eigenvalue weighted by Gasteiger charge is -2.12. The minimum absolute atomic E-state index is 0.178. The predicted molar refractivity (Wildman–Crippen MR) is 131 cm³/mol. The third-order valence-electron chi connectivity index (χ3n) is 5.27. The van der Waals surface area contributed by atoms with Crippen LogP contribution in [0.1, 0.15) is 28.5 Å². The number of thioether (sulfide) groups is 1. The number of para-hydroxylation sites is 1. The second kappa shape index (κ2) is 9.42. The lowest BCUT2D eigenvalue weighted by Crippen LogP contribution is -2.16. The highest BCUT2D eigenvalue weighted by Gasteiger charge is 2.25. The van der Waals surface area contributed by atoms with Gasteiger partial charge in [-0.1, -0.05) is 18.2 Å². The third-order valence-corrected chi connectivity index (χ3v) is 6.24. The van der Waals surface area contributed by atoms with Crippen molar-refractivity contribution in [2.75, 3.05) is 11.9 Å². The zero-order valence-electron chi connectivity index (χ0n) is 18.2. The van der Waals surface area contributed by atoms with Crippen LogP contribution in [0.5, 0.6) is 17.2 Å². The van der Waals surface area contributed by atoms with Gasteiger partial charge in [-0.2, -0.15) is 16.9 Å². The van der Waals surface area contributed by atoms with Gasteiger partial charge in [-0.25, -0.2) is 4.68 Å². The Morgan fingerprint density at radius 1 is 0.939 bits per heavy atom. The first-order valence-corrected chi connectivity index (χ1v) is 11.9. The van der Waals surface area contributed by atoms with E-state index in [0.717, 1.165) is 45.7 Å². The van der Waals surface area contributed by atoms with E-state index in [1.807, 2.05) is 66.2 Å². The second-order valence-electron chi connectivity index (χ2n) is 7.50. The predicted octanol–water partition coefficient (Wildman–Crippen LogP) is 6.06. The highest BCUT2D eigenvalue weighted by atomic mass is 32.2. The monoisotopic (exact) mass is 457 g/mol. The van der Waals surface area contributed by atoms with E-state index in [1.165, 1.54) is 0 Å². The van der Waals surface area contributed by atoms with E-state index in [0.29, 0.717) is 18.0 Å². The van der Waals surface area contributed by atoms with Crippen LogP contribution >= 0.6 is 11.8 Å². The molecule has 0 radical (unpaired) electrons. The molecule has 0 atom stereocenters. The van der Waals surface area contributed by atoms with Gasteiger partial charge < -0.3 is 14.8 Å². The summed E-state index contributed by atoms with van der Waals surface area (Å²) in [5.41, 5.74) is 3.50. The van der Waals surface area contributed by atoms with Crippen LogP contribution in [0.3, 0.4) is 0 Å². The summed E-state index contributed by atoms with van der Waals surface area (Å²) in [4.78, 5) is 13.0. The molecule has 0 aliphatic carbocycles. The zero-order chi connectivity index (χ0) is 22.6. The molecule has 1 amide bonds. The molecule has 3 aromatic carbocycles. The molecule has 5 rings (SSSR count). The van der Waals surface area contributed by atoms with E-state index < -0.39 is 0 Å². The summed E-state index contributed by atoms with van der Waals surface area (Å²) in [6.45, 7) is 2.52. The Kier molecular flexibility index (Phi) is 6.04. The van der Waals surface area contributed by atoms with E-state index in [4.69, 9.17) is 14.6 Å². The molecule has 0 saturated heterocycles. The van der Waals surface area contributed by atoms with Crippen molar-refractivity contribution in [2.45, 2.75) is 18.4 Å². The fourth-order valence-electron chi connectivity index (χ4n) is 3.66. The first-order chi connectivity index (χ1) is 16.2. The third kappa shape index (κ3) is 4.59. The number of ether oxygens (including phenoxy) is 2. The summed E-state index contributed by atoms with van der Waals surface area (Å²) in [5.74, 6) is 4.46. The number of carbonyl (C=O) groups is 1. The molecule has 0 bridgehead atoms.